The highest BCUT2D eigenvalue weighted by molar-refractivity contribution is 7.92. The molecular formula is C12H19N3O3S. The number of amides is 2. The van der Waals surface area contributed by atoms with Gasteiger partial charge in [-0.25, -0.2) is 13.2 Å². The van der Waals surface area contributed by atoms with Crippen LogP contribution in [-0.2, 0) is 10.0 Å². The van der Waals surface area contributed by atoms with Gasteiger partial charge >= 0.3 is 6.03 Å². The summed E-state index contributed by atoms with van der Waals surface area (Å²) >= 11 is 0. The van der Waals surface area contributed by atoms with Crippen LogP contribution in [0.15, 0.2) is 30.3 Å². The van der Waals surface area contributed by atoms with Gasteiger partial charge in [-0.05, 0) is 26.0 Å². The average Bonchev–Trinajstić information content (AvgIpc) is 2.28. The number of hydrogen-bond acceptors (Lipinski definition) is 3. The number of carbonyl (C=O) groups is 1. The first kappa shape index (κ1) is 15.3. The molecular weight excluding hydrogens is 266 g/mol. The second-order valence-electron chi connectivity index (χ2n) is 4.34. The summed E-state index contributed by atoms with van der Waals surface area (Å²) in [6.07, 6.45) is 0. The summed E-state index contributed by atoms with van der Waals surface area (Å²) in [5, 5.41) is 5.10. The fraction of sp³-hybridized carbons (Fsp3) is 0.417. The van der Waals surface area contributed by atoms with Crippen LogP contribution >= 0.6 is 0 Å². The SMILES string of the molecule is CC(C)NC(=O)NCCS(=O)(=O)Nc1ccccc1. The second kappa shape index (κ2) is 6.98. The molecule has 0 fully saturated rings. The van der Waals surface area contributed by atoms with Crippen molar-refractivity contribution < 1.29 is 13.2 Å². The molecule has 1 aromatic carbocycles. The van der Waals surface area contributed by atoms with Crippen molar-refractivity contribution in [3.8, 4) is 0 Å². The van der Waals surface area contributed by atoms with Crippen molar-refractivity contribution in [3.05, 3.63) is 30.3 Å². The van der Waals surface area contributed by atoms with Gasteiger partial charge in [0.25, 0.3) is 0 Å². The summed E-state index contributed by atoms with van der Waals surface area (Å²) in [6.45, 7) is 3.71. The van der Waals surface area contributed by atoms with Gasteiger partial charge in [0.1, 0.15) is 0 Å². The lowest BCUT2D eigenvalue weighted by atomic mass is 10.3. The van der Waals surface area contributed by atoms with Crippen LogP contribution in [0, 0.1) is 0 Å². The smallest absolute Gasteiger partial charge is 0.315 e. The zero-order valence-corrected chi connectivity index (χ0v) is 11.8. The van der Waals surface area contributed by atoms with E-state index >= 15 is 0 Å². The molecule has 6 nitrogen and oxygen atoms in total. The normalized spacial score (nSPS) is 11.1. The first-order chi connectivity index (χ1) is 8.89. The number of hydrogen-bond donors (Lipinski definition) is 3. The van der Waals surface area contributed by atoms with E-state index in [9.17, 15) is 13.2 Å². The van der Waals surface area contributed by atoms with Gasteiger partial charge in [-0.3, -0.25) is 4.72 Å². The quantitative estimate of drug-likeness (QED) is 0.732. The Balaban J connectivity index is 2.38. The molecule has 2 amide bonds. The highest BCUT2D eigenvalue weighted by Crippen LogP contribution is 2.07. The molecule has 7 heteroatoms. The molecule has 0 saturated heterocycles. The van der Waals surface area contributed by atoms with Crippen molar-refractivity contribution in [2.75, 3.05) is 17.0 Å². The minimum atomic E-state index is -3.45. The molecule has 0 spiro atoms. The fourth-order valence-corrected chi connectivity index (χ4v) is 2.32. The molecule has 3 N–H and O–H groups in total. The third-order valence-electron chi connectivity index (χ3n) is 2.12. The first-order valence-electron chi connectivity index (χ1n) is 5.99. The number of rotatable bonds is 6. The Kier molecular flexibility index (Phi) is 5.62. The molecule has 0 aromatic heterocycles. The van der Waals surface area contributed by atoms with Gasteiger partial charge in [-0.2, -0.15) is 0 Å². The maximum Gasteiger partial charge on any atom is 0.315 e. The van der Waals surface area contributed by atoms with Gasteiger partial charge < -0.3 is 10.6 Å². The molecule has 0 bridgehead atoms. The number of benzene rings is 1. The van der Waals surface area contributed by atoms with E-state index in [1.165, 1.54) is 0 Å². The van der Waals surface area contributed by atoms with E-state index in [2.05, 4.69) is 15.4 Å². The highest BCUT2D eigenvalue weighted by Gasteiger charge is 2.11. The maximum atomic E-state index is 11.7. The fourth-order valence-electron chi connectivity index (χ4n) is 1.35. The summed E-state index contributed by atoms with van der Waals surface area (Å²) in [6, 6.07) is 8.25. The van der Waals surface area contributed by atoms with Crippen molar-refractivity contribution in [1.29, 1.82) is 0 Å². The van der Waals surface area contributed by atoms with Crippen LogP contribution in [0.5, 0.6) is 0 Å². The van der Waals surface area contributed by atoms with Crippen LogP contribution < -0.4 is 15.4 Å². The van der Waals surface area contributed by atoms with Gasteiger partial charge in [0.15, 0.2) is 0 Å². The predicted molar refractivity (Wildman–Crippen MR) is 75.5 cm³/mol. The molecule has 1 aromatic rings. The Bertz CT molecular complexity index is 500. The summed E-state index contributed by atoms with van der Waals surface area (Å²) in [5.41, 5.74) is 0.508. The van der Waals surface area contributed by atoms with Crippen LogP contribution in [0.25, 0.3) is 0 Å². The van der Waals surface area contributed by atoms with E-state index in [1.807, 2.05) is 13.8 Å². The van der Waals surface area contributed by atoms with Crippen molar-refractivity contribution in [2.45, 2.75) is 19.9 Å². The molecule has 19 heavy (non-hydrogen) atoms. The Morgan fingerprint density at radius 2 is 1.84 bits per heavy atom. The van der Waals surface area contributed by atoms with Gasteiger partial charge in [0.2, 0.25) is 10.0 Å². The number of para-hydroxylation sites is 1. The van der Waals surface area contributed by atoms with E-state index in [0.717, 1.165) is 0 Å². The summed E-state index contributed by atoms with van der Waals surface area (Å²) in [5.74, 6) is -0.173. The van der Waals surface area contributed by atoms with Gasteiger partial charge in [0, 0.05) is 18.3 Å². The lowest BCUT2D eigenvalue weighted by Gasteiger charge is -2.11. The number of anilines is 1. The van der Waals surface area contributed by atoms with Gasteiger partial charge in [0.05, 0.1) is 5.75 Å². The van der Waals surface area contributed by atoms with Crippen molar-refractivity contribution in [1.82, 2.24) is 10.6 Å². The molecule has 0 unspecified atom stereocenters. The Hall–Kier alpha value is -1.76. The first-order valence-corrected chi connectivity index (χ1v) is 7.64. The number of nitrogens with one attached hydrogen (secondary N) is 3. The van der Waals surface area contributed by atoms with E-state index in [-0.39, 0.29) is 24.4 Å². The van der Waals surface area contributed by atoms with Crippen molar-refractivity contribution >= 4 is 21.7 Å². The highest BCUT2D eigenvalue weighted by atomic mass is 32.2. The molecule has 0 radical (unpaired) electrons. The van der Waals surface area contributed by atoms with Crippen LogP contribution in [0.1, 0.15) is 13.8 Å². The van der Waals surface area contributed by atoms with Crippen LogP contribution in [-0.4, -0.2) is 32.8 Å². The number of urea groups is 1. The van der Waals surface area contributed by atoms with E-state index in [4.69, 9.17) is 0 Å². The minimum absolute atomic E-state index is 0.0130. The van der Waals surface area contributed by atoms with E-state index < -0.39 is 10.0 Å². The van der Waals surface area contributed by atoms with E-state index in [0.29, 0.717) is 5.69 Å². The monoisotopic (exact) mass is 285 g/mol. The summed E-state index contributed by atoms with van der Waals surface area (Å²) in [7, 11) is -3.45. The third-order valence-corrected chi connectivity index (χ3v) is 3.41. The molecule has 1 rings (SSSR count). The molecule has 0 aliphatic rings. The number of sulfonamides is 1. The molecule has 0 atom stereocenters. The second-order valence-corrected chi connectivity index (χ2v) is 6.18. The third kappa shape index (κ3) is 6.66. The van der Waals surface area contributed by atoms with Crippen LogP contribution in [0.2, 0.25) is 0 Å². The van der Waals surface area contributed by atoms with Gasteiger partial charge in [-0.1, -0.05) is 18.2 Å². The minimum Gasteiger partial charge on any atom is -0.337 e. The summed E-state index contributed by atoms with van der Waals surface area (Å²) < 4.78 is 25.9. The molecule has 0 aliphatic carbocycles. The van der Waals surface area contributed by atoms with E-state index in [1.54, 1.807) is 30.3 Å². The Labute approximate surface area is 113 Å². The van der Waals surface area contributed by atoms with Crippen LogP contribution in [0.3, 0.4) is 0 Å². The maximum absolute atomic E-state index is 11.7. The Morgan fingerprint density at radius 3 is 2.42 bits per heavy atom. The van der Waals surface area contributed by atoms with Gasteiger partial charge in [-0.15, -0.1) is 0 Å². The molecule has 106 valence electrons. The largest absolute Gasteiger partial charge is 0.337 e. The lowest BCUT2D eigenvalue weighted by molar-refractivity contribution is 0.239. The topological polar surface area (TPSA) is 87.3 Å². The molecule has 0 aliphatic heterocycles. The van der Waals surface area contributed by atoms with Crippen molar-refractivity contribution in [2.24, 2.45) is 0 Å². The lowest BCUT2D eigenvalue weighted by Crippen LogP contribution is -2.41. The Morgan fingerprint density at radius 1 is 1.21 bits per heavy atom. The average molecular weight is 285 g/mol. The summed E-state index contributed by atoms with van der Waals surface area (Å²) in [4.78, 5) is 11.3. The zero-order valence-electron chi connectivity index (χ0n) is 11.0. The predicted octanol–water partition coefficient (Wildman–Crippen LogP) is 1.14. The molecule has 0 saturated carbocycles. The van der Waals surface area contributed by atoms with Crippen LogP contribution in [0.4, 0.5) is 10.5 Å². The molecule has 0 heterocycles. The zero-order chi connectivity index (χ0) is 14.3. The number of carbonyl (C=O) groups excluding carboxylic acids is 1. The van der Waals surface area contributed by atoms with Crippen molar-refractivity contribution in [3.63, 3.8) is 0 Å². The standard InChI is InChI=1S/C12H19N3O3S/c1-10(2)14-12(16)13-8-9-19(17,18)15-11-6-4-3-5-7-11/h3-7,10,15H,8-9H2,1-2H3,(H2,13,14,16).